The first kappa shape index (κ1) is 14.1. The van der Waals surface area contributed by atoms with E-state index in [1.54, 1.807) is 4.90 Å². The lowest BCUT2D eigenvalue weighted by molar-refractivity contribution is 0.0987. The number of benzene rings is 2. The molecule has 2 N–H and O–H groups in total. The van der Waals surface area contributed by atoms with Crippen molar-refractivity contribution in [2.75, 3.05) is 17.2 Å². The standard InChI is InChI=1S/C17H20N2O/c1-4-19(15-9-7-14(18)8-10-15)17(20)16-11-12(2)5-6-13(16)3/h5-11H,4,18H2,1-3H3. The molecule has 3 nitrogen and oxygen atoms in total. The second kappa shape index (κ2) is 5.78. The van der Waals surface area contributed by atoms with Gasteiger partial charge in [0.15, 0.2) is 0 Å². The number of nitrogen functional groups attached to an aromatic ring is 1. The molecule has 0 fully saturated rings. The largest absolute Gasteiger partial charge is 0.399 e. The summed E-state index contributed by atoms with van der Waals surface area (Å²) in [5.41, 5.74) is 10.1. The molecule has 0 atom stereocenters. The van der Waals surface area contributed by atoms with E-state index < -0.39 is 0 Å². The Morgan fingerprint density at radius 2 is 1.75 bits per heavy atom. The molecular weight excluding hydrogens is 248 g/mol. The Labute approximate surface area is 120 Å². The van der Waals surface area contributed by atoms with Crippen LogP contribution >= 0.6 is 0 Å². The van der Waals surface area contributed by atoms with Gasteiger partial charge in [-0.05, 0) is 56.7 Å². The van der Waals surface area contributed by atoms with E-state index in [0.29, 0.717) is 12.2 Å². The number of carbonyl (C=O) groups excluding carboxylic acids is 1. The molecule has 0 unspecified atom stereocenters. The fraction of sp³-hybridized carbons (Fsp3) is 0.235. The summed E-state index contributed by atoms with van der Waals surface area (Å²) in [5, 5.41) is 0. The van der Waals surface area contributed by atoms with Crippen LogP contribution in [0.3, 0.4) is 0 Å². The Morgan fingerprint density at radius 3 is 2.35 bits per heavy atom. The second-order valence-corrected chi connectivity index (χ2v) is 4.96. The molecule has 20 heavy (non-hydrogen) atoms. The molecule has 0 spiro atoms. The molecule has 2 aromatic rings. The summed E-state index contributed by atoms with van der Waals surface area (Å²) in [4.78, 5) is 14.5. The highest BCUT2D eigenvalue weighted by Crippen LogP contribution is 2.21. The van der Waals surface area contributed by atoms with Crippen LogP contribution in [0.1, 0.15) is 28.4 Å². The van der Waals surface area contributed by atoms with Gasteiger partial charge in [0.25, 0.3) is 5.91 Å². The highest BCUT2D eigenvalue weighted by Gasteiger charge is 2.17. The number of nitrogens with zero attached hydrogens (tertiary/aromatic N) is 1. The van der Waals surface area contributed by atoms with Gasteiger partial charge in [-0.2, -0.15) is 0 Å². The summed E-state index contributed by atoms with van der Waals surface area (Å²) in [6.45, 7) is 6.55. The van der Waals surface area contributed by atoms with Crippen molar-refractivity contribution >= 4 is 17.3 Å². The number of hydrogen-bond acceptors (Lipinski definition) is 2. The zero-order valence-corrected chi connectivity index (χ0v) is 12.2. The first-order valence-corrected chi connectivity index (χ1v) is 6.77. The molecule has 2 aromatic carbocycles. The molecule has 0 aliphatic heterocycles. The topological polar surface area (TPSA) is 46.3 Å². The van der Waals surface area contributed by atoms with E-state index in [0.717, 1.165) is 22.4 Å². The smallest absolute Gasteiger partial charge is 0.258 e. The minimum atomic E-state index is 0.0264. The third-order valence-corrected chi connectivity index (χ3v) is 3.39. The van der Waals surface area contributed by atoms with E-state index in [1.165, 1.54) is 0 Å². The first-order chi connectivity index (χ1) is 9.52. The minimum absolute atomic E-state index is 0.0264. The van der Waals surface area contributed by atoms with Crippen LogP contribution in [0.2, 0.25) is 0 Å². The van der Waals surface area contributed by atoms with Gasteiger partial charge in [0.1, 0.15) is 0 Å². The molecule has 1 amide bonds. The number of amides is 1. The SMILES string of the molecule is CCN(C(=O)c1cc(C)ccc1C)c1ccc(N)cc1. The lowest BCUT2D eigenvalue weighted by Crippen LogP contribution is -2.31. The van der Waals surface area contributed by atoms with Crippen molar-refractivity contribution in [3.05, 3.63) is 59.2 Å². The summed E-state index contributed by atoms with van der Waals surface area (Å²) in [5.74, 6) is 0.0264. The molecule has 0 radical (unpaired) electrons. The zero-order valence-electron chi connectivity index (χ0n) is 12.2. The molecule has 0 bridgehead atoms. The van der Waals surface area contributed by atoms with Crippen molar-refractivity contribution in [1.82, 2.24) is 0 Å². The maximum Gasteiger partial charge on any atom is 0.258 e. The molecule has 0 aromatic heterocycles. The maximum absolute atomic E-state index is 12.7. The van der Waals surface area contributed by atoms with Crippen molar-refractivity contribution in [2.45, 2.75) is 20.8 Å². The van der Waals surface area contributed by atoms with Crippen molar-refractivity contribution < 1.29 is 4.79 Å². The fourth-order valence-corrected chi connectivity index (χ4v) is 2.21. The zero-order chi connectivity index (χ0) is 14.7. The van der Waals surface area contributed by atoms with Gasteiger partial charge in [-0.3, -0.25) is 4.79 Å². The van der Waals surface area contributed by atoms with Crippen molar-refractivity contribution in [3.63, 3.8) is 0 Å². The van der Waals surface area contributed by atoms with Crippen LogP contribution in [0.4, 0.5) is 11.4 Å². The molecule has 0 heterocycles. The number of rotatable bonds is 3. The van der Waals surface area contributed by atoms with E-state index in [2.05, 4.69) is 0 Å². The van der Waals surface area contributed by atoms with Crippen LogP contribution in [-0.2, 0) is 0 Å². The average molecular weight is 268 g/mol. The van der Waals surface area contributed by atoms with Crippen molar-refractivity contribution in [2.24, 2.45) is 0 Å². The van der Waals surface area contributed by atoms with Gasteiger partial charge in [-0.25, -0.2) is 0 Å². The highest BCUT2D eigenvalue weighted by atomic mass is 16.2. The van der Waals surface area contributed by atoms with Crippen molar-refractivity contribution in [1.29, 1.82) is 0 Å². The number of carbonyl (C=O) groups is 1. The predicted molar refractivity (Wildman–Crippen MR) is 84.1 cm³/mol. The summed E-state index contributed by atoms with van der Waals surface area (Å²) in [6.07, 6.45) is 0. The lowest BCUT2D eigenvalue weighted by atomic mass is 10.0. The van der Waals surface area contributed by atoms with Gasteiger partial charge in [0, 0.05) is 23.5 Å². The van der Waals surface area contributed by atoms with Crippen molar-refractivity contribution in [3.8, 4) is 0 Å². The van der Waals surface area contributed by atoms with Gasteiger partial charge in [0.2, 0.25) is 0 Å². The summed E-state index contributed by atoms with van der Waals surface area (Å²) >= 11 is 0. The van der Waals surface area contributed by atoms with Gasteiger partial charge >= 0.3 is 0 Å². The summed E-state index contributed by atoms with van der Waals surface area (Å²) in [7, 11) is 0. The number of anilines is 2. The van der Waals surface area contributed by atoms with Crippen LogP contribution in [0.5, 0.6) is 0 Å². The lowest BCUT2D eigenvalue weighted by Gasteiger charge is -2.22. The van der Waals surface area contributed by atoms with E-state index in [4.69, 9.17) is 5.73 Å². The normalized spacial score (nSPS) is 10.3. The fourth-order valence-electron chi connectivity index (χ4n) is 2.21. The van der Waals surface area contributed by atoms with E-state index in [9.17, 15) is 4.79 Å². The Kier molecular flexibility index (Phi) is 4.08. The Bertz CT molecular complexity index is 617. The third-order valence-electron chi connectivity index (χ3n) is 3.39. The average Bonchev–Trinajstić information content (AvgIpc) is 2.44. The molecule has 0 aliphatic rings. The number of nitrogens with two attached hydrogens (primary N) is 1. The summed E-state index contributed by atoms with van der Waals surface area (Å²) < 4.78 is 0. The van der Waals surface area contributed by atoms with E-state index in [-0.39, 0.29) is 5.91 Å². The van der Waals surface area contributed by atoms with E-state index in [1.807, 2.05) is 63.2 Å². The third kappa shape index (κ3) is 2.82. The quantitative estimate of drug-likeness (QED) is 0.865. The maximum atomic E-state index is 12.7. The Balaban J connectivity index is 2.38. The van der Waals surface area contributed by atoms with Crippen LogP contribution in [0.15, 0.2) is 42.5 Å². The molecule has 104 valence electrons. The van der Waals surface area contributed by atoms with Gasteiger partial charge in [0.05, 0.1) is 0 Å². The van der Waals surface area contributed by atoms with Gasteiger partial charge in [-0.1, -0.05) is 17.7 Å². The second-order valence-electron chi connectivity index (χ2n) is 4.96. The van der Waals surface area contributed by atoms with Crippen LogP contribution in [-0.4, -0.2) is 12.5 Å². The molecular formula is C17H20N2O. The van der Waals surface area contributed by atoms with E-state index >= 15 is 0 Å². The van der Waals surface area contributed by atoms with Crippen LogP contribution in [0, 0.1) is 13.8 Å². The van der Waals surface area contributed by atoms with Gasteiger partial charge < -0.3 is 10.6 Å². The Hall–Kier alpha value is -2.29. The van der Waals surface area contributed by atoms with Gasteiger partial charge in [-0.15, -0.1) is 0 Å². The Morgan fingerprint density at radius 1 is 1.10 bits per heavy atom. The molecule has 2 rings (SSSR count). The predicted octanol–water partition coefficient (Wildman–Crippen LogP) is 3.55. The number of hydrogen-bond donors (Lipinski definition) is 1. The molecule has 0 saturated carbocycles. The van der Waals surface area contributed by atoms with Crippen LogP contribution < -0.4 is 10.6 Å². The molecule has 0 aliphatic carbocycles. The molecule has 0 saturated heterocycles. The summed E-state index contributed by atoms with van der Waals surface area (Å²) in [6, 6.07) is 13.3. The first-order valence-electron chi connectivity index (χ1n) is 6.77. The minimum Gasteiger partial charge on any atom is -0.399 e. The van der Waals surface area contributed by atoms with Crippen LogP contribution in [0.25, 0.3) is 0 Å². The highest BCUT2D eigenvalue weighted by molar-refractivity contribution is 6.07. The monoisotopic (exact) mass is 268 g/mol. The molecule has 3 heteroatoms. The number of aryl methyl sites for hydroxylation is 2.